The molecule has 1 unspecified atom stereocenters. The second-order valence-electron chi connectivity index (χ2n) is 9.26. The molecule has 31 heavy (non-hydrogen) atoms. The van der Waals surface area contributed by atoms with Crippen molar-refractivity contribution in [1.29, 1.82) is 0 Å². The molecule has 2 aromatic carbocycles. The number of carbonyl (C=O) groups is 2. The number of fused-ring (bicyclic) bond motifs is 1. The maximum Gasteiger partial charge on any atom is 0.245 e. The molecule has 2 aromatic rings. The molecule has 0 saturated carbocycles. The van der Waals surface area contributed by atoms with Crippen LogP contribution in [0.1, 0.15) is 37.0 Å². The van der Waals surface area contributed by atoms with Gasteiger partial charge in [-0.1, -0.05) is 50.2 Å². The van der Waals surface area contributed by atoms with Gasteiger partial charge in [-0.15, -0.1) is 0 Å². The predicted octanol–water partition coefficient (Wildman–Crippen LogP) is 3.64. The fourth-order valence-corrected chi connectivity index (χ4v) is 4.69. The highest BCUT2D eigenvalue weighted by Gasteiger charge is 2.37. The zero-order valence-corrected chi connectivity index (χ0v) is 18.9. The van der Waals surface area contributed by atoms with Crippen molar-refractivity contribution in [2.45, 2.75) is 46.2 Å². The molecule has 0 N–H and O–H groups in total. The van der Waals surface area contributed by atoms with Crippen LogP contribution in [0.4, 0.5) is 5.69 Å². The molecule has 1 saturated heterocycles. The maximum atomic E-state index is 13.6. The lowest BCUT2D eigenvalue weighted by Crippen LogP contribution is -2.57. The smallest absolute Gasteiger partial charge is 0.245 e. The third kappa shape index (κ3) is 4.76. The number of benzene rings is 2. The molecule has 164 valence electrons. The van der Waals surface area contributed by atoms with Crippen LogP contribution >= 0.6 is 0 Å². The summed E-state index contributed by atoms with van der Waals surface area (Å²) in [4.78, 5) is 32.7. The number of aryl methyl sites for hydroxylation is 1. The van der Waals surface area contributed by atoms with E-state index in [9.17, 15) is 9.59 Å². The number of anilines is 1. The van der Waals surface area contributed by atoms with E-state index in [1.165, 1.54) is 16.8 Å². The summed E-state index contributed by atoms with van der Waals surface area (Å²) in [5, 5.41) is 0. The Hall–Kier alpha value is -2.82. The number of hydrogen-bond acceptors (Lipinski definition) is 3. The molecule has 0 radical (unpaired) electrons. The molecule has 1 atom stereocenters. The molecule has 0 bridgehead atoms. The van der Waals surface area contributed by atoms with Crippen molar-refractivity contribution in [3.63, 3.8) is 0 Å². The Balaban J connectivity index is 1.48. The van der Waals surface area contributed by atoms with Crippen molar-refractivity contribution in [3.8, 4) is 0 Å². The first-order chi connectivity index (χ1) is 14.9. The summed E-state index contributed by atoms with van der Waals surface area (Å²) in [6.07, 6.45) is 1.09. The van der Waals surface area contributed by atoms with Gasteiger partial charge in [0.1, 0.15) is 6.04 Å². The molecule has 2 heterocycles. The van der Waals surface area contributed by atoms with Crippen molar-refractivity contribution in [3.05, 3.63) is 65.2 Å². The van der Waals surface area contributed by atoms with Crippen molar-refractivity contribution in [2.75, 3.05) is 31.1 Å². The molecule has 5 nitrogen and oxygen atoms in total. The lowest BCUT2D eigenvalue weighted by molar-refractivity contribution is -0.147. The zero-order chi connectivity index (χ0) is 22.0. The van der Waals surface area contributed by atoms with E-state index in [2.05, 4.69) is 62.1 Å². The van der Waals surface area contributed by atoms with Crippen LogP contribution in [-0.2, 0) is 22.6 Å². The van der Waals surface area contributed by atoms with Crippen LogP contribution in [0, 0.1) is 12.8 Å². The van der Waals surface area contributed by atoms with E-state index in [4.69, 9.17) is 0 Å². The summed E-state index contributed by atoms with van der Waals surface area (Å²) in [7, 11) is 0. The van der Waals surface area contributed by atoms with Gasteiger partial charge in [0.05, 0.1) is 0 Å². The van der Waals surface area contributed by atoms with E-state index in [0.717, 1.165) is 18.7 Å². The van der Waals surface area contributed by atoms with E-state index < -0.39 is 6.04 Å². The first kappa shape index (κ1) is 21.4. The second-order valence-corrected chi connectivity index (χ2v) is 9.26. The predicted molar refractivity (Wildman–Crippen MR) is 124 cm³/mol. The monoisotopic (exact) mass is 419 g/mol. The molecule has 5 heteroatoms. The van der Waals surface area contributed by atoms with Crippen LogP contribution in [0.5, 0.6) is 0 Å². The van der Waals surface area contributed by atoms with Crippen molar-refractivity contribution in [2.24, 2.45) is 5.92 Å². The number of amides is 2. The maximum absolute atomic E-state index is 13.6. The average Bonchev–Trinajstić information content (AvgIpc) is 2.77. The lowest BCUT2D eigenvalue weighted by Gasteiger charge is -2.42. The van der Waals surface area contributed by atoms with Gasteiger partial charge < -0.3 is 14.7 Å². The van der Waals surface area contributed by atoms with Gasteiger partial charge in [-0.25, -0.2) is 0 Å². The normalized spacial score (nSPS) is 18.8. The highest BCUT2D eigenvalue weighted by molar-refractivity contribution is 5.89. The fourth-order valence-electron chi connectivity index (χ4n) is 4.69. The van der Waals surface area contributed by atoms with E-state index in [1.807, 2.05) is 21.9 Å². The summed E-state index contributed by atoms with van der Waals surface area (Å²) in [6.45, 7) is 9.76. The van der Waals surface area contributed by atoms with Crippen LogP contribution in [0.15, 0.2) is 48.5 Å². The van der Waals surface area contributed by atoms with E-state index >= 15 is 0 Å². The third-order valence-corrected chi connectivity index (χ3v) is 6.39. The minimum atomic E-state index is -0.397. The largest absolute Gasteiger partial charge is 0.368 e. The van der Waals surface area contributed by atoms with Crippen molar-refractivity contribution < 1.29 is 9.59 Å². The quantitative estimate of drug-likeness (QED) is 0.760. The molecular formula is C26H33N3O2. The van der Waals surface area contributed by atoms with Gasteiger partial charge >= 0.3 is 0 Å². The van der Waals surface area contributed by atoms with Crippen LogP contribution in [0.25, 0.3) is 0 Å². The van der Waals surface area contributed by atoms with Gasteiger partial charge in [0, 0.05) is 51.3 Å². The highest BCUT2D eigenvalue weighted by atomic mass is 16.2. The minimum absolute atomic E-state index is 0.0845. The third-order valence-electron chi connectivity index (χ3n) is 6.39. The topological polar surface area (TPSA) is 43.9 Å². The molecule has 2 aliphatic heterocycles. The van der Waals surface area contributed by atoms with Crippen LogP contribution < -0.4 is 4.90 Å². The molecular weight excluding hydrogens is 386 g/mol. The first-order valence-electron chi connectivity index (χ1n) is 11.4. The summed E-state index contributed by atoms with van der Waals surface area (Å²) in [5.41, 5.74) is 4.81. The van der Waals surface area contributed by atoms with Gasteiger partial charge in [0.15, 0.2) is 0 Å². The van der Waals surface area contributed by atoms with Gasteiger partial charge in [0.25, 0.3) is 0 Å². The summed E-state index contributed by atoms with van der Waals surface area (Å²) in [5.74, 6) is 0.454. The first-order valence-corrected chi connectivity index (χ1v) is 11.4. The average molecular weight is 420 g/mol. The standard InChI is InChI=1S/C26H33N3O2/c1-19(2)15-25(30)29-18-22-9-5-4-8-21(22)17-24(29)26(31)28-13-11-27(12-14-28)23-10-6-7-20(3)16-23/h4-10,16,19,24H,11-15,17-18H2,1-3H3. The molecule has 0 aliphatic carbocycles. The number of piperazine rings is 1. The number of nitrogens with zero attached hydrogens (tertiary/aromatic N) is 3. The number of carbonyl (C=O) groups excluding carboxylic acids is 2. The van der Waals surface area contributed by atoms with Crippen LogP contribution in [-0.4, -0.2) is 53.8 Å². The fraction of sp³-hybridized carbons (Fsp3) is 0.462. The highest BCUT2D eigenvalue weighted by Crippen LogP contribution is 2.27. The van der Waals surface area contributed by atoms with Gasteiger partial charge in [-0.3, -0.25) is 9.59 Å². The molecule has 2 aliphatic rings. The molecule has 1 fully saturated rings. The SMILES string of the molecule is Cc1cccc(N2CCN(C(=O)C3Cc4ccccc4CN3C(=O)CC(C)C)CC2)c1. The Morgan fingerprint density at radius 2 is 1.68 bits per heavy atom. The van der Waals surface area contributed by atoms with Gasteiger partial charge in [-0.05, 0) is 41.7 Å². The summed E-state index contributed by atoms with van der Waals surface area (Å²) >= 11 is 0. The van der Waals surface area contributed by atoms with Crippen molar-refractivity contribution in [1.82, 2.24) is 9.80 Å². The molecule has 0 spiro atoms. The Labute approximate surface area is 185 Å². The molecule has 2 amide bonds. The van der Waals surface area contributed by atoms with Crippen LogP contribution in [0.2, 0.25) is 0 Å². The molecule has 0 aromatic heterocycles. The van der Waals surface area contributed by atoms with Gasteiger partial charge in [0.2, 0.25) is 11.8 Å². The second kappa shape index (κ2) is 9.13. The van der Waals surface area contributed by atoms with Gasteiger partial charge in [-0.2, -0.15) is 0 Å². The Morgan fingerprint density at radius 1 is 0.968 bits per heavy atom. The van der Waals surface area contributed by atoms with Crippen LogP contribution in [0.3, 0.4) is 0 Å². The van der Waals surface area contributed by atoms with E-state index in [-0.39, 0.29) is 17.7 Å². The number of rotatable bonds is 4. The minimum Gasteiger partial charge on any atom is -0.368 e. The Bertz CT molecular complexity index is 947. The summed E-state index contributed by atoms with van der Waals surface area (Å²) in [6, 6.07) is 16.3. The number of hydrogen-bond donors (Lipinski definition) is 0. The Kier molecular flexibility index (Phi) is 6.30. The van der Waals surface area contributed by atoms with E-state index in [0.29, 0.717) is 32.5 Å². The molecule has 4 rings (SSSR count). The van der Waals surface area contributed by atoms with E-state index in [1.54, 1.807) is 0 Å². The lowest BCUT2D eigenvalue weighted by atomic mass is 9.92. The Morgan fingerprint density at radius 3 is 2.35 bits per heavy atom. The zero-order valence-electron chi connectivity index (χ0n) is 18.9. The van der Waals surface area contributed by atoms with Crippen molar-refractivity contribution >= 4 is 17.5 Å². The summed E-state index contributed by atoms with van der Waals surface area (Å²) < 4.78 is 0.